The van der Waals surface area contributed by atoms with Gasteiger partial charge in [-0.2, -0.15) is 5.26 Å². The average molecular weight is 586 g/mol. The number of thiocarbonyl (C=S) groups is 1. The van der Waals surface area contributed by atoms with E-state index in [1.165, 1.54) is 17.3 Å². The molecule has 1 amide bonds. The summed E-state index contributed by atoms with van der Waals surface area (Å²) in [6, 6.07) is 20.0. The largest absolute Gasteiger partial charge is 0.497 e. The number of amides is 1. The number of hydrogen-bond acceptors (Lipinski definition) is 8. The first-order valence-electron chi connectivity index (χ1n) is 13.3. The minimum Gasteiger partial charge on any atom is -0.497 e. The minimum absolute atomic E-state index is 0.0823. The van der Waals surface area contributed by atoms with Crippen molar-refractivity contribution < 1.29 is 9.53 Å². The number of carbonyl (C=O) groups is 1. The van der Waals surface area contributed by atoms with E-state index in [9.17, 15) is 14.9 Å². The number of anilines is 1. The Kier molecular flexibility index (Phi) is 8.59. The van der Waals surface area contributed by atoms with Crippen molar-refractivity contribution in [1.82, 2.24) is 14.4 Å². The Bertz CT molecular complexity index is 1600. The Morgan fingerprint density at radius 2 is 1.66 bits per heavy atom. The number of benzene rings is 2. The zero-order valence-corrected chi connectivity index (χ0v) is 24.9. The van der Waals surface area contributed by atoms with Crippen LogP contribution in [0.15, 0.2) is 64.3 Å². The van der Waals surface area contributed by atoms with Gasteiger partial charge in [-0.05, 0) is 41.8 Å². The van der Waals surface area contributed by atoms with Crippen molar-refractivity contribution in [3.63, 3.8) is 0 Å². The molecule has 0 saturated carbocycles. The van der Waals surface area contributed by atoms with Gasteiger partial charge in [0, 0.05) is 45.3 Å². The van der Waals surface area contributed by atoms with Gasteiger partial charge in [0.2, 0.25) is 0 Å². The molecule has 2 aliphatic rings. The summed E-state index contributed by atoms with van der Waals surface area (Å²) in [5.74, 6) is 1.26. The molecule has 0 spiro atoms. The number of methoxy groups -OCH3 is 1. The topological polar surface area (TPSA) is 81.8 Å². The lowest BCUT2D eigenvalue weighted by Crippen LogP contribution is -2.48. The van der Waals surface area contributed by atoms with Crippen molar-refractivity contribution in [3.8, 4) is 11.8 Å². The summed E-state index contributed by atoms with van der Waals surface area (Å²) in [6.07, 6.45) is 1.80. The molecule has 0 bridgehead atoms. The Morgan fingerprint density at radius 3 is 2.29 bits per heavy atom. The van der Waals surface area contributed by atoms with Gasteiger partial charge in [-0.15, -0.1) is 0 Å². The van der Waals surface area contributed by atoms with E-state index >= 15 is 0 Å². The second kappa shape index (κ2) is 12.3. The first-order chi connectivity index (χ1) is 19.8. The minimum atomic E-state index is -0.337. The van der Waals surface area contributed by atoms with Crippen LogP contribution in [-0.4, -0.2) is 57.9 Å². The van der Waals surface area contributed by atoms with Crippen molar-refractivity contribution in [2.45, 2.75) is 20.0 Å². The summed E-state index contributed by atoms with van der Waals surface area (Å²) in [4.78, 5) is 33.3. The highest BCUT2D eigenvalue weighted by atomic mass is 32.2. The molecule has 2 aromatic carbocycles. The lowest BCUT2D eigenvalue weighted by molar-refractivity contribution is -0.122. The highest BCUT2D eigenvalue weighted by Gasteiger charge is 2.33. The van der Waals surface area contributed by atoms with Gasteiger partial charge in [-0.3, -0.25) is 24.0 Å². The molecule has 2 saturated heterocycles. The predicted molar refractivity (Wildman–Crippen MR) is 167 cm³/mol. The first-order valence-corrected chi connectivity index (χ1v) is 14.6. The molecule has 0 N–H and O–H groups in total. The molecule has 2 fully saturated rings. The molecule has 2 aliphatic heterocycles. The fourth-order valence-corrected chi connectivity index (χ4v) is 6.47. The zero-order chi connectivity index (χ0) is 29.1. The molecule has 0 atom stereocenters. The SMILES string of the molecule is COc1ccc(CN2C(=O)/C(=C\c3c(C)c(C#N)c(=O)n(C)c3N3CCN(Cc4ccccc4)CC3)SC2=S)cc1. The van der Waals surface area contributed by atoms with E-state index in [2.05, 4.69) is 28.0 Å². The Morgan fingerprint density at radius 1 is 1.00 bits per heavy atom. The van der Waals surface area contributed by atoms with E-state index < -0.39 is 0 Å². The monoisotopic (exact) mass is 585 g/mol. The van der Waals surface area contributed by atoms with Crippen LogP contribution in [0, 0.1) is 18.3 Å². The van der Waals surface area contributed by atoms with Crippen LogP contribution in [0.5, 0.6) is 5.75 Å². The molecule has 0 unspecified atom stereocenters. The highest BCUT2D eigenvalue weighted by Crippen LogP contribution is 2.36. The second-order valence-electron chi connectivity index (χ2n) is 10.1. The predicted octanol–water partition coefficient (Wildman–Crippen LogP) is 4.30. The number of pyridine rings is 1. The summed E-state index contributed by atoms with van der Waals surface area (Å²) >= 11 is 6.83. The average Bonchev–Trinajstić information content (AvgIpc) is 3.25. The van der Waals surface area contributed by atoms with Crippen LogP contribution in [0.3, 0.4) is 0 Å². The van der Waals surface area contributed by atoms with Gasteiger partial charge < -0.3 is 9.64 Å². The van der Waals surface area contributed by atoms with Gasteiger partial charge >= 0.3 is 0 Å². The Balaban J connectivity index is 1.43. The number of aromatic nitrogens is 1. The normalized spacial score (nSPS) is 16.9. The number of nitrogens with zero attached hydrogens (tertiary/aromatic N) is 5. The second-order valence-corrected chi connectivity index (χ2v) is 11.8. The Labute approximate surface area is 249 Å². The van der Waals surface area contributed by atoms with Crippen molar-refractivity contribution in [1.29, 1.82) is 5.26 Å². The first kappa shape index (κ1) is 28.6. The zero-order valence-electron chi connectivity index (χ0n) is 23.3. The smallest absolute Gasteiger partial charge is 0.270 e. The number of carbonyl (C=O) groups excluding carboxylic acids is 1. The third-order valence-corrected chi connectivity index (χ3v) is 8.92. The molecule has 3 heterocycles. The van der Waals surface area contributed by atoms with E-state index in [4.69, 9.17) is 17.0 Å². The van der Waals surface area contributed by atoms with Crippen molar-refractivity contribution in [2.24, 2.45) is 7.05 Å². The van der Waals surface area contributed by atoms with Gasteiger partial charge in [0.25, 0.3) is 11.5 Å². The third-order valence-electron chi connectivity index (χ3n) is 7.54. The van der Waals surface area contributed by atoms with Gasteiger partial charge in [-0.1, -0.05) is 66.4 Å². The molecular formula is C31H31N5O3S2. The van der Waals surface area contributed by atoms with Crippen LogP contribution in [0.25, 0.3) is 6.08 Å². The molecule has 10 heteroatoms. The molecule has 41 heavy (non-hydrogen) atoms. The number of ether oxygens (including phenoxy) is 1. The van der Waals surface area contributed by atoms with Crippen LogP contribution in [0.4, 0.5) is 5.82 Å². The van der Waals surface area contributed by atoms with Crippen LogP contribution in [-0.2, 0) is 24.9 Å². The van der Waals surface area contributed by atoms with Gasteiger partial charge in [0.15, 0.2) is 0 Å². The fourth-order valence-electron chi connectivity index (χ4n) is 5.23. The number of hydrogen-bond donors (Lipinski definition) is 0. The maximum Gasteiger partial charge on any atom is 0.270 e. The third kappa shape index (κ3) is 5.93. The van der Waals surface area contributed by atoms with E-state index in [1.807, 2.05) is 42.5 Å². The molecule has 0 radical (unpaired) electrons. The number of thioether (sulfide) groups is 1. The lowest BCUT2D eigenvalue weighted by atomic mass is 10.0. The molecule has 1 aromatic heterocycles. The molecule has 0 aliphatic carbocycles. The number of piperazine rings is 1. The van der Waals surface area contributed by atoms with Crippen molar-refractivity contribution in [3.05, 3.63) is 97.7 Å². The van der Waals surface area contributed by atoms with E-state index in [0.29, 0.717) is 45.8 Å². The maximum atomic E-state index is 13.5. The van der Waals surface area contributed by atoms with Crippen molar-refractivity contribution in [2.75, 3.05) is 38.2 Å². The number of rotatable bonds is 7. The highest BCUT2D eigenvalue weighted by molar-refractivity contribution is 8.26. The Hall–Kier alpha value is -3.91. The quantitative estimate of drug-likeness (QED) is 0.300. The van der Waals surface area contributed by atoms with Crippen LogP contribution in [0.1, 0.15) is 27.8 Å². The summed E-state index contributed by atoms with van der Waals surface area (Å²) in [7, 11) is 3.31. The van der Waals surface area contributed by atoms with Crippen molar-refractivity contribution >= 4 is 46.1 Å². The maximum absolute atomic E-state index is 13.5. The molecule has 5 rings (SSSR count). The van der Waals surface area contributed by atoms with E-state index in [1.54, 1.807) is 36.6 Å². The summed E-state index contributed by atoms with van der Waals surface area (Å²) in [6.45, 7) is 6.06. The summed E-state index contributed by atoms with van der Waals surface area (Å²) in [5, 5.41) is 9.81. The molecular weight excluding hydrogens is 555 g/mol. The molecule has 210 valence electrons. The van der Waals surface area contributed by atoms with Crippen LogP contribution >= 0.6 is 24.0 Å². The van der Waals surface area contributed by atoms with Crippen LogP contribution < -0.4 is 15.2 Å². The van der Waals surface area contributed by atoms with Gasteiger partial charge in [-0.25, -0.2) is 0 Å². The van der Waals surface area contributed by atoms with Crippen LogP contribution in [0.2, 0.25) is 0 Å². The summed E-state index contributed by atoms with van der Waals surface area (Å²) < 4.78 is 7.25. The van der Waals surface area contributed by atoms with E-state index in [0.717, 1.165) is 30.9 Å². The molecule has 8 nitrogen and oxygen atoms in total. The number of nitriles is 1. The molecule has 3 aromatic rings. The standard InChI is InChI=1S/C31H31N5O3S2/c1-21-25(17-27-30(38)36(31(40)41-27)20-23-9-11-24(39-3)12-10-23)28(33(2)29(37)26(21)18-32)35-15-13-34(14-16-35)19-22-7-5-4-6-8-22/h4-12,17H,13-16,19-20H2,1-3H3/b27-17+. The van der Waals surface area contributed by atoms with Gasteiger partial charge in [0.1, 0.15) is 27.5 Å². The van der Waals surface area contributed by atoms with Gasteiger partial charge in [0.05, 0.1) is 18.6 Å². The fraction of sp³-hybridized carbons (Fsp3) is 0.290. The lowest BCUT2D eigenvalue weighted by Gasteiger charge is -2.37. The van der Waals surface area contributed by atoms with E-state index in [-0.39, 0.29) is 17.0 Å². The summed E-state index contributed by atoms with van der Waals surface area (Å²) in [5.41, 5.74) is 3.21.